The predicted octanol–water partition coefficient (Wildman–Crippen LogP) is 5.45. The van der Waals surface area contributed by atoms with Crippen LogP contribution in [0.25, 0.3) is 22.1 Å². The summed E-state index contributed by atoms with van der Waals surface area (Å²) in [4.78, 5) is 18.3. The lowest BCUT2D eigenvalue weighted by Crippen LogP contribution is -2.22. The van der Waals surface area contributed by atoms with Gasteiger partial charge >= 0.3 is 0 Å². The topological polar surface area (TPSA) is 43.6 Å². The van der Waals surface area contributed by atoms with Gasteiger partial charge in [-0.05, 0) is 54.1 Å². The molecule has 0 aliphatic heterocycles. The van der Waals surface area contributed by atoms with Gasteiger partial charge in [0.2, 0.25) is 0 Å². The maximum absolute atomic E-state index is 13.1. The summed E-state index contributed by atoms with van der Waals surface area (Å²) in [5, 5.41) is 0.689. The number of benzene rings is 3. The van der Waals surface area contributed by atoms with Crippen LogP contribution in [-0.4, -0.2) is 9.38 Å². The number of fused-ring (bicyclic) bond motifs is 3. The smallest absolute Gasteiger partial charge is 0.274 e. The molecule has 3 aromatic carbocycles. The minimum absolute atomic E-state index is 0.0765. The van der Waals surface area contributed by atoms with Gasteiger partial charge in [0, 0.05) is 15.1 Å². The van der Waals surface area contributed by atoms with Crippen molar-refractivity contribution in [1.82, 2.24) is 9.38 Å². The van der Waals surface area contributed by atoms with Crippen LogP contribution in [-0.2, 0) is 6.61 Å². The van der Waals surface area contributed by atoms with E-state index >= 15 is 0 Å². The zero-order valence-corrected chi connectivity index (χ0v) is 18.7. The van der Waals surface area contributed by atoms with Crippen LogP contribution in [0.4, 0.5) is 0 Å². The second-order valence-corrected chi connectivity index (χ2v) is 9.09. The molecule has 7 heteroatoms. The fourth-order valence-electron chi connectivity index (χ4n) is 3.26. The molecule has 0 bridgehead atoms. The molecule has 0 spiro atoms. The number of para-hydroxylation sites is 2. The quantitative estimate of drug-likeness (QED) is 0.331. The Morgan fingerprint density at radius 1 is 1.10 bits per heavy atom. The molecule has 0 atom stereocenters. The molecule has 0 aliphatic rings. The number of nitrogens with zero attached hydrogens (tertiary/aromatic N) is 2. The molecule has 0 saturated carbocycles. The SMILES string of the molecule is O=c1/c(=C/c2cc(Br)ccc2OCc2ccc(Cl)cc2)sc2nc3ccccc3n12. The normalized spacial score (nSPS) is 12.1. The highest BCUT2D eigenvalue weighted by atomic mass is 79.9. The van der Waals surface area contributed by atoms with Gasteiger partial charge in [0.25, 0.3) is 5.56 Å². The van der Waals surface area contributed by atoms with E-state index in [-0.39, 0.29) is 5.56 Å². The summed E-state index contributed by atoms with van der Waals surface area (Å²) in [5.41, 5.74) is 3.40. The summed E-state index contributed by atoms with van der Waals surface area (Å²) in [6, 6.07) is 20.9. The van der Waals surface area contributed by atoms with Gasteiger partial charge in [0.05, 0.1) is 15.6 Å². The minimum atomic E-state index is -0.0765. The molecular weight excluding hydrogens is 484 g/mol. The van der Waals surface area contributed by atoms with Crippen molar-refractivity contribution in [3.63, 3.8) is 0 Å². The molecule has 30 heavy (non-hydrogen) atoms. The summed E-state index contributed by atoms with van der Waals surface area (Å²) in [6.07, 6.45) is 1.86. The number of hydrogen-bond donors (Lipinski definition) is 0. The Balaban J connectivity index is 1.56. The van der Waals surface area contributed by atoms with Crippen molar-refractivity contribution in [2.24, 2.45) is 0 Å². The fraction of sp³-hybridized carbons (Fsp3) is 0.0435. The molecule has 0 saturated heterocycles. The van der Waals surface area contributed by atoms with Crippen molar-refractivity contribution in [1.29, 1.82) is 0 Å². The fourth-order valence-corrected chi connectivity index (χ4v) is 4.74. The number of rotatable bonds is 4. The van der Waals surface area contributed by atoms with Crippen LogP contribution < -0.4 is 14.8 Å². The van der Waals surface area contributed by atoms with E-state index in [0.29, 0.717) is 26.9 Å². The summed E-state index contributed by atoms with van der Waals surface area (Å²) in [5.74, 6) is 0.698. The molecule has 2 aromatic heterocycles. The third-order valence-electron chi connectivity index (χ3n) is 4.71. The standard InChI is InChI=1S/C23H14BrClN2O2S/c24-16-7-10-20(29-13-14-5-8-17(25)9-6-14)15(11-16)12-21-22(28)27-19-4-2-1-3-18(19)26-23(27)30-21/h1-12H,13H2/b21-12-. The maximum Gasteiger partial charge on any atom is 0.274 e. The molecule has 4 nitrogen and oxygen atoms in total. The first-order chi connectivity index (χ1) is 14.6. The minimum Gasteiger partial charge on any atom is -0.488 e. The number of aromatic nitrogens is 2. The molecule has 0 N–H and O–H groups in total. The Bertz CT molecular complexity index is 1490. The molecule has 0 aliphatic carbocycles. The highest BCUT2D eigenvalue weighted by molar-refractivity contribution is 9.10. The second-order valence-electron chi connectivity index (χ2n) is 6.73. The third-order valence-corrected chi connectivity index (χ3v) is 6.43. The number of thiazole rings is 1. The Labute approximate surface area is 189 Å². The van der Waals surface area contributed by atoms with E-state index in [4.69, 9.17) is 16.3 Å². The Hall–Kier alpha value is -2.67. The zero-order valence-electron chi connectivity index (χ0n) is 15.5. The zero-order chi connectivity index (χ0) is 20.7. The second kappa shape index (κ2) is 7.87. The molecular formula is C23H14BrClN2O2S. The van der Waals surface area contributed by atoms with Crippen molar-refractivity contribution in [3.05, 3.63) is 102 Å². The molecule has 5 aromatic rings. The number of hydrogen-bond acceptors (Lipinski definition) is 4. The van der Waals surface area contributed by atoms with Gasteiger partial charge in [0.1, 0.15) is 12.4 Å². The molecule has 148 valence electrons. The Morgan fingerprint density at radius 2 is 1.90 bits per heavy atom. The largest absolute Gasteiger partial charge is 0.488 e. The van der Waals surface area contributed by atoms with Gasteiger partial charge < -0.3 is 4.74 Å². The van der Waals surface area contributed by atoms with Crippen molar-refractivity contribution < 1.29 is 4.74 Å². The lowest BCUT2D eigenvalue weighted by molar-refractivity contribution is 0.305. The van der Waals surface area contributed by atoms with Crippen LogP contribution >= 0.6 is 38.9 Å². The summed E-state index contributed by atoms with van der Waals surface area (Å²) in [7, 11) is 0. The first-order valence-corrected chi connectivity index (χ1v) is 11.2. The van der Waals surface area contributed by atoms with Gasteiger partial charge in [0.15, 0.2) is 4.96 Å². The van der Waals surface area contributed by atoms with E-state index in [1.165, 1.54) is 11.3 Å². The van der Waals surface area contributed by atoms with Gasteiger partial charge in [-0.25, -0.2) is 9.38 Å². The molecule has 0 radical (unpaired) electrons. The van der Waals surface area contributed by atoms with Gasteiger partial charge in [-0.15, -0.1) is 0 Å². The molecule has 5 rings (SSSR count). The number of ether oxygens (including phenoxy) is 1. The Kier molecular flexibility index (Phi) is 5.06. The van der Waals surface area contributed by atoms with E-state index < -0.39 is 0 Å². The van der Waals surface area contributed by atoms with Crippen molar-refractivity contribution in [2.75, 3.05) is 0 Å². The van der Waals surface area contributed by atoms with E-state index in [2.05, 4.69) is 20.9 Å². The van der Waals surface area contributed by atoms with Crippen LogP contribution in [0.1, 0.15) is 11.1 Å². The van der Waals surface area contributed by atoms with Crippen molar-refractivity contribution in [3.8, 4) is 5.75 Å². The van der Waals surface area contributed by atoms with Crippen molar-refractivity contribution in [2.45, 2.75) is 6.61 Å². The average Bonchev–Trinajstić information content (AvgIpc) is 3.25. The van der Waals surface area contributed by atoms with Crippen LogP contribution in [0.3, 0.4) is 0 Å². The number of halogens is 2. The molecule has 0 fully saturated rings. The average molecular weight is 498 g/mol. The van der Waals surface area contributed by atoms with Crippen LogP contribution in [0.5, 0.6) is 5.75 Å². The number of imidazole rings is 1. The van der Waals surface area contributed by atoms with Gasteiger partial charge in [-0.1, -0.05) is 63.1 Å². The maximum atomic E-state index is 13.1. The molecule has 0 amide bonds. The Morgan fingerprint density at radius 3 is 2.73 bits per heavy atom. The predicted molar refractivity (Wildman–Crippen MR) is 126 cm³/mol. The lowest BCUT2D eigenvalue weighted by Gasteiger charge is -2.10. The summed E-state index contributed by atoms with van der Waals surface area (Å²) in [6.45, 7) is 0.405. The van der Waals surface area contributed by atoms with Gasteiger partial charge in [-0.3, -0.25) is 4.79 Å². The molecule has 0 unspecified atom stereocenters. The van der Waals surface area contributed by atoms with Crippen LogP contribution in [0.2, 0.25) is 5.02 Å². The monoisotopic (exact) mass is 496 g/mol. The van der Waals surface area contributed by atoms with Crippen LogP contribution in [0, 0.1) is 0 Å². The lowest BCUT2D eigenvalue weighted by atomic mass is 10.2. The molecule has 2 heterocycles. The van der Waals surface area contributed by atoms with Crippen LogP contribution in [0.15, 0.2) is 76.0 Å². The third kappa shape index (κ3) is 3.62. The van der Waals surface area contributed by atoms with E-state index in [0.717, 1.165) is 26.6 Å². The van der Waals surface area contributed by atoms with E-state index in [1.807, 2.05) is 72.8 Å². The summed E-state index contributed by atoms with van der Waals surface area (Å²) < 4.78 is 9.22. The van der Waals surface area contributed by atoms with Crippen molar-refractivity contribution >= 4 is 60.9 Å². The van der Waals surface area contributed by atoms with E-state index in [1.54, 1.807) is 4.40 Å². The summed E-state index contributed by atoms with van der Waals surface area (Å²) >= 11 is 10.8. The van der Waals surface area contributed by atoms with E-state index in [9.17, 15) is 4.79 Å². The highest BCUT2D eigenvalue weighted by Crippen LogP contribution is 2.25. The first-order valence-electron chi connectivity index (χ1n) is 9.17. The first kappa shape index (κ1) is 19.3. The van der Waals surface area contributed by atoms with Gasteiger partial charge in [-0.2, -0.15) is 0 Å². The highest BCUT2D eigenvalue weighted by Gasteiger charge is 2.11.